The number of rotatable bonds is 5. The smallest absolute Gasteiger partial charge is 0.253 e. The largest absolute Gasteiger partial charge is 0.390 e. The van der Waals surface area contributed by atoms with E-state index in [4.69, 9.17) is 0 Å². The van der Waals surface area contributed by atoms with Gasteiger partial charge in [-0.25, -0.2) is 0 Å². The Kier molecular flexibility index (Phi) is 5.24. The number of carbonyl (C=O) groups excluding carboxylic acids is 1. The van der Waals surface area contributed by atoms with Crippen LogP contribution in [0.3, 0.4) is 0 Å². The van der Waals surface area contributed by atoms with E-state index in [0.717, 1.165) is 43.5 Å². The van der Waals surface area contributed by atoms with Crippen LogP contribution >= 0.6 is 0 Å². The Morgan fingerprint density at radius 1 is 1.32 bits per heavy atom. The molecule has 0 aliphatic carbocycles. The molecule has 0 aromatic heterocycles. The molecule has 1 heterocycles. The minimum atomic E-state index is -0.648. The van der Waals surface area contributed by atoms with E-state index in [1.165, 1.54) is 0 Å². The molecule has 122 valence electrons. The summed E-state index contributed by atoms with van der Waals surface area (Å²) in [6.45, 7) is 5.29. The summed E-state index contributed by atoms with van der Waals surface area (Å²) >= 11 is 0. The van der Waals surface area contributed by atoms with Crippen molar-refractivity contribution in [1.82, 2.24) is 9.80 Å². The van der Waals surface area contributed by atoms with Crippen molar-refractivity contribution < 1.29 is 9.90 Å². The molecule has 1 N–H and O–H groups in total. The van der Waals surface area contributed by atoms with Crippen molar-refractivity contribution in [3.63, 3.8) is 0 Å². The molecule has 0 bridgehead atoms. The van der Waals surface area contributed by atoms with Crippen molar-refractivity contribution in [2.24, 2.45) is 0 Å². The number of likely N-dealkylation sites (N-methyl/N-ethyl adjacent to an activating group) is 1. The first-order chi connectivity index (χ1) is 10.3. The van der Waals surface area contributed by atoms with Crippen LogP contribution in [0.4, 0.5) is 0 Å². The van der Waals surface area contributed by atoms with Gasteiger partial charge in [0.25, 0.3) is 5.91 Å². The average molecular weight is 304 g/mol. The van der Waals surface area contributed by atoms with Crippen LogP contribution in [-0.2, 0) is 6.42 Å². The SMILES string of the molecule is CN(C)[C@@H]1CCN(C(=O)c2ccc(CCC(C)(C)O)cc2)C1. The van der Waals surface area contributed by atoms with E-state index < -0.39 is 5.60 Å². The monoisotopic (exact) mass is 304 g/mol. The minimum absolute atomic E-state index is 0.124. The van der Waals surface area contributed by atoms with E-state index in [-0.39, 0.29) is 5.91 Å². The third kappa shape index (κ3) is 4.55. The van der Waals surface area contributed by atoms with Gasteiger partial charge in [-0.1, -0.05) is 12.1 Å². The van der Waals surface area contributed by atoms with Crippen LogP contribution in [0.1, 0.15) is 42.6 Å². The van der Waals surface area contributed by atoms with Crippen molar-refractivity contribution in [2.75, 3.05) is 27.2 Å². The van der Waals surface area contributed by atoms with Crippen LogP contribution < -0.4 is 0 Å². The number of likely N-dealkylation sites (tertiary alicyclic amines) is 1. The normalized spacial score (nSPS) is 19.0. The topological polar surface area (TPSA) is 43.8 Å². The van der Waals surface area contributed by atoms with Gasteiger partial charge in [0.05, 0.1) is 5.60 Å². The predicted molar refractivity (Wildman–Crippen MR) is 89.1 cm³/mol. The van der Waals surface area contributed by atoms with Gasteiger partial charge in [-0.2, -0.15) is 0 Å². The molecular formula is C18H28N2O2. The zero-order valence-electron chi connectivity index (χ0n) is 14.2. The molecule has 1 amide bonds. The van der Waals surface area contributed by atoms with Gasteiger partial charge in [-0.15, -0.1) is 0 Å². The maximum absolute atomic E-state index is 12.5. The minimum Gasteiger partial charge on any atom is -0.390 e. The summed E-state index contributed by atoms with van der Waals surface area (Å²) in [5.41, 5.74) is 1.27. The summed E-state index contributed by atoms with van der Waals surface area (Å²) in [5.74, 6) is 0.124. The lowest BCUT2D eigenvalue weighted by Gasteiger charge is -2.20. The van der Waals surface area contributed by atoms with Gasteiger partial charge in [-0.3, -0.25) is 4.79 Å². The van der Waals surface area contributed by atoms with E-state index in [1.807, 2.05) is 43.0 Å². The average Bonchev–Trinajstić information content (AvgIpc) is 2.94. The number of benzene rings is 1. The maximum atomic E-state index is 12.5. The molecule has 2 rings (SSSR count). The highest BCUT2D eigenvalue weighted by atomic mass is 16.3. The maximum Gasteiger partial charge on any atom is 0.253 e. The molecule has 1 aliphatic rings. The summed E-state index contributed by atoms with van der Waals surface area (Å²) in [5, 5.41) is 9.77. The van der Waals surface area contributed by atoms with Crippen LogP contribution in [0.2, 0.25) is 0 Å². The Hall–Kier alpha value is -1.39. The van der Waals surface area contributed by atoms with Gasteiger partial charge in [-0.05, 0) is 64.9 Å². The standard InChI is InChI=1S/C18H28N2O2/c1-18(2,22)11-9-14-5-7-15(8-6-14)17(21)20-12-10-16(13-20)19(3)4/h5-8,16,22H,9-13H2,1-4H3/t16-/m1/s1. The molecule has 0 spiro atoms. The number of hydrogen-bond acceptors (Lipinski definition) is 3. The van der Waals surface area contributed by atoms with Gasteiger partial charge in [0.2, 0.25) is 0 Å². The van der Waals surface area contributed by atoms with Gasteiger partial charge in [0, 0.05) is 24.7 Å². The number of nitrogens with zero attached hydrogens (tertiary/aromatic N) is 2. The van der Waals surface area contributed by atoms with Gasteiger partial charge in [0.1, 0.15) is 0 Å². The van der Waals surface area contributed by atoms with Crippen molar-refractivity contribution in [1.29, 1.82) is 0 Å². The fourth-order valence-electron chi connectivity index (χ4n) is 2.79. The highest BCUT2D eigenvalue weighted by Crippen LogP contribution is 2.18. The second kappa shape index (κ2) is 6.80. The molecule has 4 nitrogen and oxygen atoms in total. The summed E-state index contributed by atoms with van der Waals surface area (Å²) in [6, 6.07) is 8.28. The second-order valence-corrected chi connectivity index (χ2v) is 7.17. The Balaban J connectivity index is 1.94. The molecule has 1 saturated heterocycles. The zero-order valence-corrected chi connectivity index (χ0v) is 14.2. The lowest BCUT2D eigenvalue weighted by atomic mass is 9.98. The van der Waals surface area contributed by atoms with Crippen molar-refractivity contribution in [3.8, 4) is 0 Å². The van der Waals surface area contributed by atoms with E-state index in [1.54, 1.807) is 0 Å². The molecule has 22 heavy (non-hydrogen) atoms. The van der Waals surface area contributed by atoms with E-state index >= 15 is 0 Å². The van der Waals surface area contributed by atoms with E-state index in [2.05, 4.69) is 19.0 Å². The number of carbonyl (C=O) groups is 1. The zero-order chi connectivity index (χ0) is 16.3. The third-order valence-electron chi connectivity index (χ3n) is 4.41. The van der Waals surface area contributed by atoms with Gasteiger partial charge >= 0.3 is 0 Å². The second-order valence-electron chi connectivity index (χ2n) is 7.17. The first kappa shape index (κ1) is 17.0. The first-order valence-corrected chi connectivity index (χ1v) is 8.03. The molecule has 1 atom stereocenters. The first-order valence-electron chi connectivity index (χ1n) is 8.03. The predicted octanol–water partition coefficient (Wildman–Crippen LogP) is 2.17. The highest BCUT2D eigenvalue weighted by molar-refractivity contribution is 5.94. The van der Waals surface area contributed by atoms with Crippen LogP contribution in [0, 0.1) is 0 Å². The molecule has 1 fully saturated rings. The van der Waals surface area contributed by atoms with Gasteiger partial charge < -0.3 is 14.9 Å². The van der Waals surface area contributed by atoms with Crippen LogP contribution in [0.15, 0.2) is 24.3 Å². The quantitative estimate of drug-likeness (QED) is 0.906. The van der Waals surface area contributed by atoms with Crippen molar-refractivity contribution in [2.45, 2.75) is 44.8 Å². The summed E-state index contributed by atoms with van der Waals surface area (Å²) in [6.07, 6.45) is 2.59. The molecule has 1 aliphatic heterocycles. The molecule has 1 aromatic rings. The van der Waals surface area contributed by atoms with Crippen LogP contribution in [0.5, 0.6) is 0 Å². The molecule has 0 unspecified atom stereocenters. The number of amides is 1. The molecule has 1 aromatic carbocycles. The summed E-state index contributed by atoms with van der Waals surface area (Å²) in [7, 11) is 4.13. The van der Waals surface area contributed by atoms with Crippen LogP contribution in [-0.4, -0.2) is 59.6 Å². The Labute approximate surface area is 133 Å². The highest BCUT2D eigenvalue weighted by Gasteiger charge is 2.27. The summed E-state index contributed by atoms with van der Waals surface area (Å²) < 4.78 is 0. The number of aliphatic hydroxyl groups is 1. The summed E-state index contributed by atoms with van der Waals surface area (Å²) in [4.78, 5) is 16.6. The molecule has 0 saturated carbocycles. The Bertz CT molecular complexity index is 503. The van der Waals surface area contributed by atoms with E-state index in [9.17, 15) is 9.90 Å². The number of hydrogen-bond donors (Lipinski definition) is 1. The van der Waals surface area contributed by atoms with Crippen molar-refractivity contribution >= 4 is 5.91 Å². The molecule has 4 heteroatoms. The fraction of sp³-hybridized carbons (Fsp3) is 0.611. The molecule has 0 radical (unpaired) electrons. The fourth-order valence-corrected chi connectivity index (χ4v) is 2.79. The van der Waals surface area contributed by atoms with Crippen LogP contribution in [0.25, 0.3) is 0 Å². The third-order valence-corrected chi connectivity index (χ3v) is 4.41. The lowest BCUT2D eigenvalue weighted by molar-refractivity contribution is 0.0712. The van der Waals surface area contributed by atoms with E-state index in [0.29, 0.717) is 6.04 Å². The Morgan fingerprint density at radius 3 is 2.45 bits per heavy atom. The Morgan fingerprint density at radius 2 is 1.95 bits per heavy atom. The molecular weight excluding hydrogens is 276 g/mol. The number of aryl methyl sites for hydroxylation is 1. The van der Waals surface area contributed by atoms with Crippen molar-refractivity contribution in [3.05, 3.63) is 35.4 Å². The van der Waals surface area contributed by atoms with Gasteiger partial charge in [0.15, 0.2) is 0 Å². The lowest BCUT2D eigenvalue weighted by Crippen LogP contribution is -2.34.